The molecular weight excluding hydrogens is 172 g/mol. The van der Waals surface area contributed by atoms with E-state index in [1.807, 2.05) is 0 Å². The Morgan fingerprint density at radius 1 is 1.36 bits per heavy atom. The van der Waals surface area contributed by atoms with Gasteiger partial charge in [-0.15, -0.1) is 0 Å². The highest BCUT2D eigenvalue weighted by molar-refractivity contribution is 5.01. The standard InChI is InChI=1S/C12H26N2/c1-6-8-13-12(10-11(2)3)7-9-14(4)5/h10,12-13H,6-9H2,1-5H3. The summed E-state index contributed by atoms with van der Waals surface area (Å²) in [5, 5.41) is 3.55. The lowest BCUT2D eigenvalue weighted by Crippen LogP contribution is -2.31. The SMILES string of the molecule is CCCNC(C=C(C)C)CCN(C)C. The molecule has 0 amide bonds. The summed E-state index contributed by atoms with van der Waals surface area (Å²) in [4.78, 5) is 2.24. The van der Waals surface area contributed by atoms with Crippen LogP contribution in [-0.4, -0.2) is 38.1 Å². The van der Waals surface area contributed by atoms with Crippen LogP contribution in [0.4, 0.5) is 0 Å². The Labute approximate surface area is 89.4 Å². The van der Waals surface area contributed by atoms with Crippen molar-refractivity contribution in [1.82, 2.24) is 10.2 Å². The predicted molar refractivity (Wildman–Crippen MR) is 64.7 cm³/mol. The van der Waals surface area contributed by atoms with Crippen LogP contribution in [0.15, 0.2) is 11.6 Å². The van der Waals surface area contributed by atoms with Crippen molar-refractivity contribution in [3.8, 4) is 0 Å². The van der Waals surface area contributed by atoms with Gasteiger partial charge in [-0.25, -0.2) is 0 Å². The minimum Gasteiger partial charge on any atom is -0.310 e. The predicted octanol–water partition coefficient (Wildman–Crippen LogP) is 2.27. The summed E-state index contributed by atoms with van der Waals surface area (Å²) in [6, 6.07) is 0.544. The molecule has 0 fully saturated rings. The molecule has 1 atom stereocenters. The minimum absolute atomic E-state index is 0.544. The molecule has 0 aromatic carbocycles. The van der Waals surface area contributed by atoms with Crippen molar-refractivity contribution in [2.45, 2.75) is 39.7 Å². The smallest absolute Gasteiger partial charge is 0.0264 e. The van der Waals surface area contributed by atoms with E-state index in [-0.39, 0.29) is 0 Å². The van der Waals surface area contributed by atoms with Crippen molar-refractivity contribution in [2.24, 2.45) is 0 Å². The van der Waals surface area contributed by atoms with E-state index < -0.39 is 0 Å². The molecule has 0 aromatic rings. The molecule has 1 N–H and O–H groups in total. The second-order valence-electron chi connectivity index (χ2n) is 4.40. The number of nitrogens with one attached hydrogen (secondary N) is 1. The van der Waals surface area contributed by atoms with Crippen molar-refractivity contribution in [2.75, 3.05) is 27.2 Å². The normalized spacial score (nSPS) is 13.0. The molecule has 0 saturated heterocycles. The van der Waals surface area contributed by atoms with Crippen LogP contribution < -0.4 is 5.32 Å². The molecule has 0 bridgehead atoms. The molecule has 0 aromatic heterocycles. The Bertz CT molecular complexity index is 158. The van der Waals surface area contributed by atoms with E-state index in [1.165, 1.54) is 18.4 Å². The first-order valence-corrected chi connectivity index (χ1v) is 5.59. The van der Waals surface area contributed by atoms with Crippen LogP contribution in [0.2, 0.25) is 0 Å². The van der Waals surface area contributed by atoms with Crippen LogP contribution in [0.3, 0.4) is 0 Å². The fourth-order valence-corrected chi connectivity index (χ4v) is 1.37. The van der Waals surface area contributed by atoms with Gasteiger partial charge in [0.05, 0.1) is 0 Å². The quantitative estimate of drug-likeness (QED) is 0.631. The number of allylic oxidation sites excluding steroid dienone is 1. The zero-order valence-electron chi connectivity index (χ0n) is 10.4. The summed E-state index contributed by atoms with van der Waals surface area (Å²) in [7, 11) is 4.25. The van der Waals surface area contributed by atoms with E-state index in [9.17, 15) is 0 Å². The second-order valence-corrected chi connectivity index (χ2v) is 4.40. The van der Waals surface area contributed by atoms with Gasteiger partial charge in [0.25, 0.3) is 0 Å². The van der Waals surface area contributed by atoms with Crippen molar-refractivity contribution >= 4 is 0 Å². The molecule has 0 radical (unpaired) electrons. The van der Waals surface area contributed by atoms with Gasteiger partial charge in [-0.2, -0.15) is 0 Å². The van der Waals surface area contributed by atoms with E-state index in [2.05, 4.69) is 51.2 Å². The van der Waals surface area contributed by atoms with E-state index in [0.717, 1.165) is 13.1 Å². The number of rotatable bonds is 7. The van der Waals surface area contributed by atoms with Gasteiger partial charge in [0, 0.05) is 6.04 Å². The van der Waals surface area contributed by atoms with Crippen LogP contribution in [-0.2, 0) is 0 Å². The van der Waals surface area contributed by atoms with Gasteiger partial charge in [0.1, 0.15) is 0 Å². The molecule has 0 saturated carbocycles. The number of hydrogen-bond donors (Lipinski definition) is 1. The molecule has 0 heterocycles. The van der Waals surface area contributed by atoms with Crippen LogP contribution in [0.5, 0.6) is 0 Å². The highest BCUT2D eigenvalue weighted by atomic mass is 15.1. The zero-order chi connectivity index (χ0) is 11.0. The molecule has 0 spiro atoms. The average Bonchev–Trinajstić information content (AvgIpc) is 2.09. The first-order chi connectivity index (χ1) is 6.56. The van der Waals surface area contributed by atoms with Gasteiger partial charge in [-0.3, -0.25) is 0 Å². The van der Waals surface area contributed by atoms with E-state index in [4.69, 9.17) is 0 Å². The minimum atomic E-state index is 0.544. The Morgan fingerprint density at radius 2 is 2.00 bits per heavy atom. The first kappa shape index (κ1) is 13.7. The lowest BCUT2D eigenvalue weighted by atomic mass is 10.1. The third kappa shape index (κ3) is 8.27. The third-order valence-corrected chi connectivity index (χ3v) is 2.08. The highest BCUT2D eigenvalue weighted by Crippen LogP contribution is 2.00. The van der Waals surface area contributed by atoms with E-state index in [1.54, 1.807) is 0 Å². The summed E-state index contributed by atoms with van der Waals surface area (Å²) in [6.07, 6.45) is 4.73. The molecule has 2 heteroatoms. The fourth-order valence-electron chi connectivity index (χ4n) is 1.37. The molecule has 84 valence electrons. The monoisotopic (exact) mass is 198 g/mol. The first-order valence-electron chi connectivity index (χ1n) is 5.59. The molecule has 0 aliphatic rings. The van der Waals surface area contributed by atoms with E-state index >= 15 is 0 Å². The van der Waals surface area contributed by atoms with Gasteiger partial charge in [0.15, 0.2) is 0 Å². The Morgan fingerprint density at radius 3 is 2.43 bits per heavy atom. The number of hydrogen-bond acceptors (Lipinski definition) is 2. The third-order valence-electron chi connectivity index (χ3n) is 2.08. The molecule has 0 aliphatic heterocycles. The van der Waals surface area contributed by atoms with Crippen LogP contribution >= 0.6 is 0 Å². The Hall–Kier alpha value is -0.340. The summed E-state index contributed by atoms with van der Waals surface area (Å²) in [5.41, 5.74) is 1.40. The van der Waals surface area contributed by atoms with Crippen molar-refractivity contribution < 1.29 is 0 Å². The van der Waals surface area contributed by atoms with Crippen LogP contribution in [0, 0.1) is 0 Å². The maximum atomic E-state index is 3.55. The van der Waals surface area contributed by atoms with Crippen molar-refractivity contribution in [1.29, 1.82) is 0 Å². The Balaban J connectivity index is 3.91. The fraction of sp³-hybridized carbons (Fsp3) is 0.833. The van der Waals surface area contributed by atoms with Crippen LogP contribution in [0.1, 0.15) is 33.6 Å². The maximum absolute atomic E-state index is 3.55. The Kier molecular flexibility index (Phi) is 7.81. The molecular formula is C12H26N2. The van der Waals surface area contributed by atoms with Crippen molar-refractivity contribution in [3.05, 3.63) is 11.6 Å². The van der Waals surface area contributed by atoms with Gasteiger partial charge in [-0.1, -0.05) is 18.6 Å². The lowest BCUT2D eigenvalue weighted by molar-refractivity contribution is 0.376. The summed E-state index contributed by atoms with van der Waals surface area (Å²) < 4.78 is 0. The molecule has 0 aliphatic carbocycles. The van der Waals surface area contributed by atoms with E-state index in [0.29, 0.717) is 6.04 Å². The highest BCUT2D eigenvalue weighted by Gasteiger charge is 2.04. The maximum Gasteiger partial charge on any atom is 0.0264 e. The summed E-state index contributed by atoms with van der Waals surface area (Å²) in [5.74, 6) is 0. The molecule has 2 nitrogen and oxygen atoms in total. The zero-order valence-corrected chi connectivity index (χ0v) is 10.4. The average molecular weight is 198 g/mol. The van der Waals surface area contributed by atoms with Gasteiger partial charge < -0.3 is 10.2 Å². The largest absolute Gasteiger partial charge is 0.310 e. The number of nitrogens with zero attached hydrogens (tertiary/aromatic N) is 1. The lowest BCUT2D eigenvalue weighted by Gasteiger charge is -2.18. The summed E-state index contributed by atoms with van der Waals surface area (Å²) >= 11 is 0. The molecule has 0 rings (SSSR count). The molecule has 1 unspecified atom stereocenters. The van der Waals surface area contributed by atoms with Crippen molar-refractivity contribution in [3.63, 3.8) is 0 Å². The van der Waals surface area contributed by atoms with Gasteiger partial charge in [-0.05, 0) is 53.9 Å². The molecule has 14 heavy (non-hydrogen) atoms. The second kappa shape index (κ2) is 8.01. The van der Waals surface area contributed by atoms with Crippen LogP contribution in [0.25, 0.3) is 0 Å². The summed E-state index contributed by atoms with van der Waals surface area (Å²) in [6.45, 7) is 8.79. The van der Waals surface area contributed by atoms with Gasteiger partial charge >= 0.3 is 0 Å². The topological polar surface area (TPSA) is 15.3 Å². The van der Waals surface area contributed by atoms with Gasteiger partial charge in [0.2, 0.25) is 0 Å².